The highest BCUT2D eigenvalue weighted by Gasteiger charge is 1.96. The Morgan fingerprint density at radius 2 is 1.55 bits per heavy atom. The van der Waals surface area contributed by atoms with E-state index in [2.05, 4.69) is 30.9 Å². The van der Waals surface area contributed by atoms with Gasteiger partial charge in [0.15, 0.2) is 0 Å². The molecule has 2 heteroatoms. The molecule has 22 heavy (non-hydrogen) atoms. The summed E-state index contributed by atoms with van der Waals surface area (Å²) in [6.45, 7) is 2.22. The molecule has 0 aromatic rings. The first-order valence-electron chi connectivity index (χ1n) is 9.10. The maximum atomic E-state index is 10.3. The SMILES string of the molecule is CCCCCC#CCC=CCCCCCCCCCC(=O)O. The predicted molar refractivity (Wildman–Crippen MR) is 94.9 cm³/mol. The van der Waals surface area contributed by atoms with Crippen molar-refractivity contribution in [3.63, 3.8) is 0 Å². The highest BCUT2D eigenvalue weighted by molar-refractivity contribution is 5.66. The van der Waals surface area contributed by atoms with Crippen LogP contribution in [-0.4, -0.2) is 11.1 Å². The lowest BCUT2D eigenvalue weighted by Crippen LogP contribution is -1.93. The maximum absolute atomic E-state index is 10.3. The van der Waals surface area contributed by atoms with E-state index in [0.29, 0.717) is 6.42 Å². The fraction of sp³-hybridized carbons (Fsp3) is 0.750. The standard InChI is InChI=1S/C20H34O2/c1-2-3-4-5-6-7-8-9-10-11-12-13-14-15-16-17-18-19-20(21)22/h9-10H,2-5,8,11-19H2,1H3,(H,21,22). The van der Waals surface area contributed by atoms with E-state index in [9.17, 15) is 4.79 Å². The van der Waals surface area contributed by atoms with Crippen molar-refractivity contribution in [2.24, 2.45) is 0 Å². The number of carboxylic acids is 1. The predicted octanol–water partition coefficient (Wildman–Crippen LogP) is 6.11. The van der Waals surface area contributed by atoms with Crippen molar-refractivity contribution in [3.8, 4) is 11.8 Å². The average Bonchev–Trinajstić information content (AvgIpc) is 2.50. The minimum atomic E-state index is -0.669. The van der Waals surface area contributed by atoms with Crippen LogP contribution >= 0.6 is 0 Å². The summed E-state index contributed by atoms with van der Waals surface area (Å²) in [5.41, 5.74) is 0. The van der Waals surface area contributed by atoms with Crippen LogP contribution < -0.4 is 0 Å². The van der Waals surface area contributed by atoms with Gasteiger partial charge < -0.3 is 5.11 Å². The van der Waals surface area contributed by atoms with Gasteiger partial charge in [0.2, 0.25) is 0 Å². The second-order valence-corrected chi connectivity index (χ2v) is 5.89. The molecule has 0 saturated heterocycles. The molecule has 1 N–H and O–H groups in total. The molecule has 0 atom stereocenters. The minimum Gasteiger partial charge on any atom is -0.481 e. The average molecular weight is 306 g/mol. The fourth-order valence-corrected chi connectivity index (χ4v) is 2.31. The Hall–Kier alpha value is -1.23. The molecule has 0 aromatic carbocycles. The van der Waals surface area contributed by atoms with Crippen LogP contribution in [0.5, 0.6) is 0 Å². The van der Waals surface area contributed by atoms with Gasteiger partial charge in [0.05, 0.1) is 0 Å². The number of unbranched alkanes of at least 4 members (excludes halogenated alkanes) is 10. The molecule has 0 aliphatic heterocycles. The summed E-state index contributed by atoms with van der Waals surface area (Å²) in [7, 11) is 0. The Morgan fingerprint density at radius 3 is 2.23 bits per heavy atom. The molecule has 0 rings (SSSR count). The van der Waals surface area contributed by atoms with Gasteiger partial charge >= 0.3 is 5.97 Å². The summed E-state index contributed by atoms with van der Waals surface area (Å²) >= 11 is 0. The quantitative estimate of drug-likeness (QED) is 0.239. The number of carboxylic acid groups (broad SMARTS) is 1. The van der Waals surface area contributed by atoms with Crippen molar-refractivity contribution in [3.05, 3.63) is 12.2 Å². The number of hydrogen-bond acceptors (Lipinski definition) is 1. The minimum absolute atomic E-state index is 0.326. The summed E-state index contributed by atoms with van der Waals surface area (Å²) in [5.74, 6) is 5.76. The van der Waals surface area contributed by atoms with E-state index in [-0.39, 0.29) is 0 Å². The first-order chi connectivity index (χ1) is 10.8. The Balaban J connectivity index is 3.18. The van der Waals surface area contributed by atoms with E-state index in [0.717, 1.165) is 32.1 Å². The fourth-order valence-electron chi connectivity index (χ4n) is 2.31. The van der Waals surface area contributed by atoms with Gasteiger partial charge in [0.25, 0.3) is 0 Å². The molecule has 0 radical (unpaired) electrons. The molecule has 0 bridgehead atoms. The van der Waals surface area contributed by atoms with Gasteiger partial charge in [-0.25, -0.2) is 0 Å². The van der Waals surface area contributed by atoms with E-state index < -0.39 is 5.97 Å². The van der Waals surface area contributed by atoms with Crippen molar-refractivity contribution in [2.45, 2.75) is 96.8 Å². The lowest BCUT2D eigenvalue weighted by molar-refractivity contribution is -0.137. The van der Waals surface area contributed by atoms with Crippen molar-refractivity contribution >= 4 is 5.97 Å². The Morgan fingerprint density at radius 1 is 0.864 bits per heavy atom. The third kappa shape index (κ3) is 18.8. The first kappa shape index (κ1) is 20.8. The topological polar surface area (TPSA) is 37.3 Å². The van der Waals surface area contributed by atoms with Crippen LogP contribution in [0.15, 0.2) is 12.2 Å². The summed E-state index contributed by atoms with van der Waals surface area (Å²) in [4.78, 5) is 10.3. The zero-order valence-electron chi connectivity index (χ0n) is 14.4. The molecule has 0 aliphatic carbocycles. The monoisotopic (exact) mass is 306 g/mol. The number of carbonyl (C=O) groups is 1. The van der Waals surface area contributed by atoms with Crippen LogP contribution in [0.3, 0.4) is 0 Å². The zero-order chi connectivity index (χ0) is 16.3. The molecule has 0 amide bonds. The summed E-state index contributed by atoms with van der Waals surface area (Å²) in [6, 6.07) is 0. The lowest BCUT2D eigenvalue weighted by atomic mass is 10.1. The molecule has 0 spiro atoms. The van der Waals surface area contributed by atoms with E-state index in [1.807, 2.05) is 0 Å². The van der Waals surface area contributed by atoms with Gasteiger partial charge in [-0.1, -0.05) is 69.9 Å². The lowest BCUT2D eigenvalue weighted by Gasteiger charge is -2.00. The Bertz CT molecular complexity index is 333. The molecule has 126 valence electrons. The molecular formula is C20H34O2. The number of aliphatic carboxylic acids is 1. The van der Waals surface area contributed by atoms with Crippen LogP contribution in [0.1, 0.15) is 96.8 Å². The first-order valence-corrected chi connectivity index (χ1v) is 9.10. The van der Waals surface area contributed by atoms with Crippen LogP contribution in [0, 0.1) is 11.8 Å². The molecule has 0 heterocycles. The second-order valence-electron chi connectivity index (χ2n) is 5.89. The van der Waals surface area contributed by atoms with E-state index >= 15 is 0 Å². The van der Waals surface area contributed by atoms with Crippen LogP contribution in [0.2, 0.25) is 0 Å². The van der Waals surface area contributed by atoms with Gasteiger partial charge in [-0.2, -0.15) is 0 Å². The molecule has 0 unspecified atom stereocenters. The van der Waals surface area contributed by atoms with Crippen molar-refractivity contribution in [1.29, 1.82) is 0 Å². The zero-order valence-corrected chi connectivity index (χ0v) is 14.4. The van der Waals surface area contributed by atoms with Crippen LogP contribution in [0.25, 0.3) is 0 Å². The van der Waals surface area contributed by atoms with Gasteiger partial charge in [0.1, 0.15) is 0 Å². The van der Waals surface area contributed by atoms with Gasteiger partial charge in [-0.3, -0.25) is 4.79 Å². The molecule has 2 nitrogen and oxygen atoms in total. The molecular weight excluding hydrogens is 272 g/mol. The number of allylic oxidation sites excluding steroid dienone is 2. The Labute approximate surface area is 137 Å². The van der Waals surface area contributed by atoms with E-state index in [1.54, 1.807) is 0 Å². The van der Waals surface area contributed by atoms with Crippen molar-refractivity contribution in [2.75, 3.05) is 0 Å². The summed E-state index contributed by atoms with van der Waals surface area (Å²) < 4.78 is 0. The largest absolute Gasteiger partial charge is 0.481 e. The maximum Gasteiger partial charge on any atom is 0.303 e. The smallest absolute Gasteiger partial charge is 0.303 e. The van der Waals surface area contributed by atoms with Gasteiger partial charge in [-0.15, -0.1) is 5.92 Å². The molecule has 0 fully saturated rings. The number of rotatable bonds is 14. The molecule has 0 aliphatic rings. The summed E-state index contributed by atoms with van der Waals surface area (Å²) in [6.07, 6.45) is 19.8. The van der Waals surface area contributed by atoms with Crippen molar-refractivity contribution in [1.82, 2.24) is 0 Å². The Kier molecular flexibility index (Phi) is 16.8. The molecule has 0 saturated carbocycles. The van der Waals surface area contributed by atoms with E-state index in [1.165, 1.54) is 51.4 Å². The van der Waals surface area contributed by atoms with Gasteiger partial charge in [0, 0.05) is 19.3 Å². The molecule has 0 aromatic heterocycles. The highest BCUT2D eigenvalue weighted by atomic mass is 16.4. The highest BCUT2D eigenvalue weighted by Crippen LogP contribution is 2.10. The van der Waals surface area contributed by atoms with Crippen LogP contribution in [-0.2, 0) is 4.79 Å². The second kappa shape index (κ2) is 17.8. The summed E-state index contributed by atoms with van der Waals surface area (Å²) in [5, 5.41) is 8.52. The van der Waals surface area contributed by atoms with Crippen molar-refractivity contribution < 1.29 is 9.90 Å². The van der Waals surface area contributed by atoms with E-state index in [4.69, 9.17) is 5.11 Å². The number of hydrogen-bond donors (Lipinski definition) is 1. The van der Waals surface area contributed by atoms with Gasteiger partial charge in [-0.05, 0) is 25.7 Å². The third-order valence-corrected chi connectivity index (χ3v) is 3.68. The van der Waals surface area contributed by atoms with Crippen LogP contribution in [0.4, 0.5) is 0 Å². The third-order valence-electron chi connectivity index (χ3n) is 3.68. The normalized spacial score (nSPS) is 10.6.